The SMILES string of the molecule is CC[P+]1(c2cc(CCN)nc(-c3ccc(F)cc3)c2C)NCO1. The Morgan fingerprint density at radius 1 is 1.35 bits per heavy atom. The van der Waals surface area contributed by atoms with Gasteiger partial charge in [0.2, 0.25) is 7.64 Å². The van der Waals surface area contributed by atoms with Crippen LogP contribution in [0.25, 0.3) is 11.3 Å². The average Bonchev–Trinajstić information content (AvgIpc) is 2.51. The van der Waals surface area contributed by atoms with Crippen molar-refractivity contribution in [3.8, 4) is 11.3 Å². The van der Waals surface area contributed by atoms with Gasteiger partial charge in [0.25, 0.3) is 0 Å². The molecule has 1 saturated heterocycles. The molecule has 1 aliphatic heterocycles. The number of hydrogen-bond acceptors (Lipinski definition) is 4. The van der Waals surface area contributed by atoms with Crippen LogP contribution >= 0.6 is 7.64 Å². The number of nitrogens with one attached hydrogen (secondary N) is 1. The van der Waals surface area contributed by atoms with Crippen LogP contribution in [0.5, 0.6) is 0 Å². The molecule has 1 aromatic heterocycles. The van der Waals surface area contributed by atoms with Crippen molar-refractivity contribution in [1.82, 2.24) is 10.1 Å². The molecule has 4 nitrogen and oxygen atoms in total. The Balaban J connectivity index is 2.15. The Hall–Kier alpha value is -1.39. The van der Waals surface area contributed by atoms with Crippen molar-refractivity contribution in [2.75, 3.05) is 19.4 Å². The zero-order valence-corrected chi connectivity index (χ0v) is 14.4. The summed E-state index contributed by atoms with van der Waals surface area (Å²) in [7, 11) is -1.75. The highest BCUT2D eigenvalue weighted by molar-refractivity contribution is 7.77. The van der Waals surface area contributed by atoms with Gasteiger partial charge in [-0.1, -0.05) is 0 Å². The summed E-state index contributed by atoms with van der Waals surface area (Å²) in [5, 5.41) is 4.69. The topological polar surface area (TPSA) is 60.2 Å². The van der Waals surface area contributed by atoms with Crippen molar-refractivity contribution >= 4 is 12.9 Å². The maximum Gasteiger partial charge on any atom is 0.250 e. The van der Waals surface area contributed by atoms with Gasteiger partial charge in [-0.05, 0) is 44.7 Å². The van der Waals surface area contributed by atoms with Gasteiger partial charge in [-0.3, -0.25) is 4.98 Å². The minimum absolute atomic E-state index is 0.244. The lowest BCUT2D eigenvalue weighted by Gasteiger charge is -2.33. The molecule has 0 spiro atoms. The Morgan fingerprint density at radius 2 is 2.04 bits per heavy atom. The smallest absolute Gasteiger partial charge is 0.250 e. The molecule has 0 radical (unpaired) electrons. The molecule has 3 N–H and O–H groups in total. The Morgan fingerprint density at radius 3 is 2.57 bits per heavy atom. The van der Waals surface area contributed by atoms with Crippen molar-refractivity contribution in [2.24, 2.45) is 5.73 Å². The molecule has 0 bridgehead atoms. The first-order chi connectivity index (χ1) is 11.1. The van der Waals surface area contributed by atoms with E-state index in [-0.39, 0.29) is 5.82 Å². The quantitative estimate of drug-likeness (QED) is 0.826. The standard InChI is InChI=1S/C17H22FN3OP/c1-3-23(20-11-22-23)16-10-15(8-9-19)21-17(12(16)2)13-4-6-14(18)7-5-13/h4-7,10,20H,3,8-9,11,19H2,1-2H3/q+1. The lowest BCUT2D eigenvalue weighted by atomic mass is 10.1. The van der Waals surface area contributed by atoms with Gasteiger partial charge in [0, 0.05) is 29.3 Å². The second-order valence-electron chi connectivity index (χ2n) is 5.64. The normalized spacial score (nSPS) is 20.3. The highest BCUT2D eigenvalue weighted by Gasteiger charge is 2.50. The van der Waals surface area contributed by atoms with Crippen LogP contribution < -0.4 is 16.1 Å². The Kier molecular flexibility index (Phi) is 4.74. The molecule has 2 aromatic rings. The maximum absolute atomic E-state index is 13.2. The average molecular weight is 334 g/mol. The van der Waals surface area contributed by atoms with Crippen molar-refractivity contribution in [3.05, 3.63) is 47.4 Å². The molecule has 0 amide bonds. The third-order valence-corrected chi connectivity index (χ3v) is 7.60. The van der Waals surface area contributed by atoms with Crippen LogP contribution in [-0.2, 0) is 10.9 Å². The summed E-state index contributed by atoms with van der Waals surface area (Å²) in [5.74, 6) is -0.244. The van der Waals surface area contributed by atoms with Gasteiger partial charge in [-0.2, -0.15) is 4.52 Å². The summed E-state index contributed by atoms with van der Waals surface area (Å²) in [4.78, 5) is 4.76. The van der Waals surface area contributed by atoms with E-state index in [0.717, 1.165) is 28.7 Å². The Labute approximate surface area is 136 Å². The molecule has 3 rings (SSSR count). The molecule has 6 heteroatoms. The summed E-state index contributed by atoms with van der Waals surface area (Å²) < 4.78 is 19.2. The molecule has 23 heavy (non-hydrogen) atoms. The first-order valence-electron chi connectivity index (χ1n) is 7.84. The van der Waals surface area contributed by atoms with Gasteiger partial charge in [-0.15, -0.1) is 5.09 Å². The number of hydrogen-bond donors (Lipinski definition) is 2. The second-order valence-corrected chi connectivity index (χ2v) is 8.81. The minimum atomic E-state index is -1.75. The van der Waals surface area contributed by atoms with Gasteiger partial charge >= 0.3 is 0 Å². The molecular formula is C17H22FN3OP+. The number of aromatic nitrogens is 1. The molecule has 1 aliphatic rings. The van der Waals surface area contributed by atoms with E-state index in [2.05, 4.69) is 25.0 Å². The van der Waals surface area contributed by atoms with Crippen LogP contribution in [-0.4, -0.2) is 24.4 Å². The second kappa shape index (κ2) is 6.62. The number of nitrogens with zero attached hydrogens (tertiary/aromatic N) is 1. The summed E-state index contributed by atoms with van der Waals surface area (Å²) in [5.41, 5.74) is 9.57. The number of nitrogens with two attached hydrogens (primary N) is 1. The lowest BCUT2D eigenvalue weighted by molar-refractivity contribution is 0.267. The largest absolute Gasteiger partial charge is 0.330 e. The summed E-state index contributed by atoms with van der Waals surface area (Å²) >= 11 is 0. The van der Waals surface area contributed by atoms with Crippen LogP contribution in [0.3, 0.4) is 0 Å². The van der Waals surface area contributed by atoms with E-state index in [0.29, 0.717) is 19.7 Å². The van der Waals surface area contributed by atoms with Crippen LogP contribution in [0, 0.1) is 12.7 Å². The van der Waals surface area contributed by atoms with Crippen molar-refractivity contribution in [2.45, 2.75) is 20.3 Å². The molecule has 0 saturated carbocycles. The third kappa shape index (κ3) is 3.02. The predicted molar refractivity (Wildman–Crippen MR) is 93.3 cm³/mol. The zero-order valence-electron chi connectivity index (χ0n) is 13.5. The van der Waals surface area contributed by atoms with Crippen LogP contribution in [0.1, 0.15) is 18.2 Å². The molecule has 1 aromatic carbocycles. The maximum atomic E-state index is 13.2. The predicted octanol–water partition coefficient (Wildman–Crippen LogP) is 2.77. The van der Waals surface area contributed by atoms with Gasteiger partial charge in [-0.25, -0.2) is 4.39 Å². The molecule has 122 valence electrons. The fourth-order valence-corrected chi connectivity index (χ4v) is 5.44. The fourth-order valence-electron chi connectivity index (χ4n) is 2.94. The van der Waals surface area contributed by atoms with Crippen LogP contribution in [0.2, 0.25) is 0 Å². The number of benzene rings is 1. The van der Waals surface area contributed by atoms with E-state index < -0.39 is 7.64 Å². The molecule has 1 atom stereocenters. The van der Waals surface area contributed by atoms with Crippen molar-refractivity contribution in [3.63, 3.8) is 0 Å². The fraction of sp³-hybridized carbons (Fsp3) is 0.353. The monoisotopic (exact) mass is 334 g/mol. The van der Waals surface area contributed by atoms with Gasteiger partial charge in [0.1, 0.15) is 17.3 Å². The van der Waals surface area contributed by atoms with E-state index in [1.165, 1.54) is 17.4 Å². The van der Waals surface area contributed by atoms with E-state index in [9.17, 15) is 4.39 Å². The van der Waals surface area contributed by atoms with Crippen molar-refractivity contribution in [1.29, 1.82) is 0 Å². The van der Waals surface area contributed by atoms with E-state index >= 15 is 0 Å². The molecular weight excluding hydrogens is 312 g/mol. The molecule has 1 unspecified atom stereocenters. The van der Waals surface area contributed by atoms with Crippen LogP contribution in [0.15, 0.2) is 30.3 Å². The number of rotatable bonds is 5. The summed E-state index contributed by atoms with van der Waals surface area (Å²) in [6.45, 7) is 5.35. The number of pyridine rings is 1. The van der Waals surface area contributed by atoms with Gasteiger partial charge in [0.05, 0.1) is 5.69 Å². The first-order valence-corrected chi connectivity index (χ1v) is 9.73. The summed E-state index contributed by atoms with van der Waals surface area (Å²) in [6.07, 6.45) is 1.65. The van der Waals surface area contributed by atoms with E-state index in [1.54, 1.807) is 12.1 Å². The highest BCUT2D eigenvalue weighted by Crippen LogP contribution is 2.60. The van der Waals surface area contributed by atoms with Gasteiger partial charge < -0.3 is 5.73 Å². The Bertz CT molecular complexity index is 696. The molecule has 1 fully saturated rings. The highest BCUT2D eigenvalue weighted by atomic mass is 31.2. The van der Waals surface area contributed by atoms with E-state index in [1.807, 2.05) is 0 Å². The number of halogens is 1. The first kappa shape index (κ1) is 16.5. The third-order valence-electron chi connectivity index (χ3n) is 4.26. The zero-order chi connectivity index (χ0) is 16.4. The molecule has 2 heterocycles. The van der Waals surface area contributed by atoms with Gasteiger partial charge in [0.15, 0.2) is 6.73 Å². The van der Waals surface area contributed by atoms with Crippen molar-refractivity contribution < 1.29 is 8.91 Å². The van der Waals surface area contributed by atoms with E-state index in [4.69, 9.17) is 15.2 Å². The summed E-state index contributed by atoms with van der Waals surface area (Å²) in [6, 6.07) is 8.60. The molecule has 0 aliphatic carbocycles. The van der Waals surface area contributed by atoms with Crippen LogP contribution in [0.4, 0.5) is 4.39 Å². The lowest BCUT2D eigenvalue weighted by Crippen LogP contribution is -2.41. The minimum Gasteiger partial charge on any atom is -0.330 e.